The van der Waals surface area contributed by atoms with Crippen LogP contribution in [0.25, 0.3) is 11.3 Å². The van der Waals surface area contributed by atoms with E-state index in [1.54, 1.807) is 0 Å². The van der Waals surface area contributed by atoms with Gasteiger partial charge in [0.15, 0.2) is 6.10 Å². The molecule has 1 fully saturated rings. The molecular formula is C12H11N3O2. The maximum Gasteiger partial charge on any atom is 0.408 e. The van der Waals surface area contributed by atoms with E-state index in [0.29, 0.717) is 6.54 Å². The van der Waals surface area contributed by atoms with Crippen molar-refractivity contribution in [2.45, 2.75) is 6.10 Å². The summed E-state index contributed by atoms with van der Waals surface area (Å²) in [6, 6.07) is 11.7. The molecule has 2 N–H and O–H groups in total. The Balaban J connectivity index is 1.86. The third kappa shape index (κ3) is 1.87. The maximum atomic E-state index is 10.9. The molecule has 0 spiro atoms. The Morgan fingerprint density at radius 2 is 2.12 bits per heavy atom. The van der Waals surface area contributed by atoms with Crippen LogP contribution in [0.5, 0.6) is 0 Å². The summed E-state index contributed by atoms with van der Waals surface area (Å²) in [5.41, 5.74) is 2.69. The van der Waals surface area contributed by atoms with Crippen LogP contribution in [-0.2, 0) is 4.74 Å². The lowest BCUT2D eigenvalue weighted by atomic mass is 10.1. The molecule has 3 rings (SSSR count). The second kappa shape index (κ2) is 3.93. The Morgan fingerprint density at radius 3 is 2.82 bits per heavy atom. The minimum Gasteiger partial charge on any atom is -0.438 e. The molecule has 1 aliphatic heterocycles. The fourth-order valence-corrected chi connectivity index (χ4v) is 1.82. The number of H-pyrrole nitrogens is 1. The number of hydrogen-bond acceptors (Lipinski definition) is 3. The molecule has 0 radical (unpaired) electrons. The molecule has 1 aliphatic rings. The van der Waals surface area contributed by atoms with Gasteiger partial charge in [0.2, 0.25) is 0 Å². The lowest BCUT2D eigenvalue weighted by molar-refractivity contribution is 0.139. The molecule has 86 valence electrons. The molecule has 1 saturated heterocycles. The van der Waals surface area contributed by atoms with Crippen molar-refractivity contribution < 1.29 is 9.53 Å². The van der Waals surface area contributed by atoms with Crippen LogP contribution in [0, 0.1) is 0 Å². The van der Waals surface area contributed by atoms with Crippen molar-refractivity contribution in [2.75, 3.05) is 6.54 Å². The molecule has 1 aromatic carbocycles. The van der Waals surface area contributed by atoms with Crippen LogP contribution in [0.4, 0.5) is 4.79 Å². The number of carbonyl (C=O) groups excluding carboxylic acids is 1. The minimum atomic E-state index is -0.383. The van der Waals surface area contributed by atoms with Crippen LogP contribution >= 0.6 is 0 Å². The van der Waals surface area contributed by atoms with Crippen molar-refractivity contribution in [2.24, 2.45) is 0 Å². The van der Waals surface area contributed by atoms with Gasteiger partial charge >= 0.3 is 6.09 Å². The highest BCUT2D eigenvalue weighted by Crippen LogP contribution is 2.23. The predicted octanol–water partition coefficient (Wildman–Crippen LogP) is 1.86. The van der Waals surface area contributed by atoms with Gasteiger partial charge in [-0.1, -0.05) is 30.3 Å². The number of alkyl carbamates (subject to hydrolysis) is 1. The zero-order chi connectivity index (χ0) is 11.7. The number of nitrogens with zero attached hydrogens (tertiary/aromatic N) is 1. The number of aromatic nitrogens is 2. The smallest absolute Gasteiger partial charge is 0.408 e. The molecule has 17 heavy (non-hydrogen) atoms. The first kappa shape index (κ1) is 9.89. The Hall–Kier alpha value is -2.30. The summed E-state index contributed by atoms with van der Waals surface area (Å²) in [5, 5.41) is 9.72. The molecule has 1 amide bonds. The van der Waals surface area contributed by atoms with Crippen molar-refractivity contribution in [1.29, 1.82) is 0 Å². The van der Waals surface area contributed by atoms with Crippen LogP contribution in [-0.4, -0.2) is 22.8 Å². The topological polar surface area (TPSA) is 67.0 Å². The molecule has 5 nitrogen and oxygen atoms in total. The molecule has 0 saturated carbocycles. The number of hydrogen-bond donors (Lipinski definition) is 2. The average molecular weight is 229 g/mol. The largest absolute Gasteiger partial charge is 0.438 e. The highest BCUT2D eigenvalue weighted by molar-refractivity contribution is 5.69. The van der Waals surface area contributed by atoms with Gasteiger partial charge in [0.05, 0.1) is 17.9 Å². The van der Waals surface area contributed by atoms with Gasteiger partial charge in [-0.2, -0.15) is 5.10 Å². The predicted molar refractivity (Wildman–Crippen MR) is 61.2 cm³/mol. The Morgan fingerprint density at radius 1 is 1.29 bits per heavy atom. The van der Waals surface area contributed by atoms with Crippen LogP contribution in [0.15, 0.2) is 36.4 Å². The summed E-state index contributed by atoms with van der Waals surface area (Å²) in [6.45, 7) is 0.481. The van der Waals surface area contributed by atoms with Crippen molar-refractivity contribution in [1.82, 2.24) is 15.5 Å². The summed E-state index contributed by atoms with van der Waals surface area (Å²) < 4.78 is 5.08. The van der Waals surface area contributed by atoms with Crippen molar-refractivity contribution in [3.05, 3.63) is 42.1 Å². The van der Waals surface area contributed by atoms with E-state index in [-0.39, 0.29) is 12.2 Å². The second-order valence-electron chi connectivity index (χ2n) is 3.85. The number of amides is 1. The van der Waals surface area contributed by atoms with E-state index in [2.05, 4.69) is 15.5 Å². The van der Waals surface area contributed by atoms with E-state index in [0.717, 1.165) is 17.0 Å². The summed E-state index contributed by atoms with van der Waals surface area (Å²) >= 11 is 0. The summed E-state index contributed by atoms with van der Waals surface area (Å²) in [7, 11) is 0. The first-order valence-electron chi connectivity index (χ1n) is 5.38. The Kier molecular flexibility index (Phi) is 2.29. The monoisotopic (exact) mass is 229 g/mol. The van der Waals surface area contributed by atoms with Crippen LogP contribution in [0.3, 0.4) is 0 Å². The first-order chi connectivity index (χ1) is 8.33. The van der Waals surface area contributed by atoms with Gasteiger partial charge < -0.3 is 10.1 Å². The molecule has 0 aliphatic carbocycles. The van der Waals surface area contributed by atoms with Gasteiger partial charge in [0, 0.05) is 5.56 Å². The van der Waals surface area contributed by atoms with Crippen molar-refractivity contribution in [3.63, 3.8) is 0 Å². The number of cyclic esters (lactones) is 1. The highest BCUT2D eigenvalue weighted by Gasteiger charge is 2.25. The zero-order valence-corrected chi connectivity index (χ0v) is 9.01. The van der Waals surface area contributed by atoms with E-state index in [1.807, 2.05) is 36.4 Å². The first-order valence-corrected chi connectivity index (χ1v) is 5.38. The Labute approximate surface area is 97.8 Å². The molecule has 0 bridgehead atoms. The van der Waals surface area contributed by atoms with Crippen molar-refractivity contribution in [3.8, 4) is 11.3 Å². The lowest BCUT2D eigenvalue weighted by Crippen LogP contribution is -2.12. The number of benzene rings is 1. The molecule has 2 aromatic rings. The molecule has 1 aromatic heterocycles. The fourth-order valence-electron chi connectivity index (χ4n) is 1.82. The molecule has 1 unspecified atom stereocenters. The van der Waals surface area contributed by atoms with Crippen LogP contribution < -0.4 is 5.32 Å². The van der Waals surface area contributed by atoms with Gasteiger partial charge in [0.1, 0.15) is 0 Å². The normalized spacial score (nSPS) is 18.8. The lowest BCUT2D eigenvalue weighted by Gasteiger charge is -2.02. The number of nitrogens with one attached hydrogen (secondary N) is 2. The fraction of sp³-hybridized carbons (Fsp3) is 0.167. The molecule has 1 atom stereocenters. The zero-order valence-electron chi connectivity index (χ0n) is 9.01. The maximum absolute atomic E-state index is 10.9. The van der Waals surface area contributed by atoms with Gasteiger partial charge in [-0.25, -0.2) is 4.79 Å². The quantitative estimate of drug-likeness (QED) is 0.825. The third-order valence-electron chi connectivity index (χ3n) is 2.70. The number of carbonyl (C=O) groups is 1. The molecular weight excluding hydrogens is 218 g/mol. The van der Waals surface area contributed by atoms with E-state index in [4.69, 9.17) is 4.74 Å². The van der Waals surface area contributed by atoms with Gasteiger partial charge in [0.25, 0.3) is 0 Å². The van der Waals surface area contributed by atoms with Crippen LogP contribution in [0.1, 0.15) is 11.8 Å². The standard InChI is InChI=1S/C12H11N3O2/c16-12-13-7-11(17-12)10-6-9(14-15-10)8-4-2-1-3-5-8/h1-6,11H,7H2,(H,13,16)(H,14,15). The van der Waals surface area contributed by atoms with Crippen molar-refractivity contribution >= 4 is 6.09 Å². The number of aromatic amines is 1. The highest BCUT2D eigenvalue weighted by atomic mass is 16.6. The summed E-state index contributed by atoms with van der Waals surface area (Å²) in [4.78, 5) is 10.9. The third-order valence-corrected chi connectivity index (χ3v) is 2.70. The van der Waals surface area contributed by atoms with Gasteiger partial charge in [-0.3, -0.25) is 5.10 Å². The van der Waals surface area contributed by atoms with Gasteiger partial charge in [-0.15, -0.1) is 0 Å². The van der Waals surface area contributed by atoms with E-state index in [1.165, 1.54) is 0 Å². The van der Waals surface area contributed by atoms with E-state index < -0.39 is 0 Å². The van der Waals surface area contributed by atoms with E-state index in [9.17, 15) is 4.79 Å². The van der Waals surface area contributed by atoms with E-state index >= 15 is 0 Å². The SMILES string of the molecule is O=C1NCC(c2cc(-c3ccccc3)n[nH]2)O1. The average Bonchev–Trinajstić information content (AvgIpc) is 2.98. The summed E-state index contributed by atoms with van der Waals surface area (Å²) in [6.07, 6.45) is -0.654. The Bertz CT molecular complexity index is 536. The van der Waals surface area contributed by atoms with Crippen LogP contribution in [0.2, 0.25) is 0 Å². The summed E-state index contributed by atoms with van der Waals surface area (Å²) in [5.74, 6) is 0. The second-order valence-corrected chi connectivity index (χ2v) is 3.85. The van der Waals surface area contributed by atoms with Gasteiger partial charge in [-0.05, 0) is 6.07 Å². The number of rotatable bonds is 2. The molecule has 5 heteroatoms. The number of ether oxygens (including phenoxy) is 1. The molecule has 2 heterocycles. The minimum absolute atomic E-state index is 0.271.